The molecule has 0 aliphatic heterocycles. The molecule has 0 fully saturated rings. The first-order valence-electron chi connectivity index (χ1n) is 4.62. The predicted molar refractivity (Wildman–Crippen MR) is 60.3 cm³/mol. The number of aromatic nitrogens is 2. The highest BCUT2D eigenvalue weighted by molar-refractivity contribution is 6.31. The summed E-state index contributed by atoms with van der Waals surface area (Å²) in [7, 11) is 0. The Bertz CT molecular complexity index is 549. The van der Waals surface area contributed by atoms with E-state index in [-0.39, 0.29) is 5.56 Å². The van der Waals surface area contributed by atoms with Crippen LogP contribution in [0.3, 0.4) is 0 Å². The van der Waals surface area contributed by atoms with Crippen LogP contribution in [-0.2, 0) is 0 Å². The van der Waals surface area contributed by atoms with E-state index in [4.69, 9.17) is 16.7 Å². The summed E-state index contributed by atoms with van der Waals surface area (Å²) >= 11 is 5.76. The molecule has 4 nitrogen and oxygen atoms in total. The number of benzene rings is 1. The molecule has 5 heteroatoms. The van der Waals surface area contributed by atoms with Crippen molar-refractivity contribution in [3.05, 3.63) is 46.7 Å². The standard InChI is InChI=1S/C11H9ClN2O2/c1-7-5-13-14(6-7)10-3-2-8(12)4-9(10)11(15)16/h2-6H,1H3,(H,15,16). The van der Waals surface area contributed by atoms with E-state index in [0.29, 0.717) is 10.7 Å². The number of hydrogen-bond donors (Lipinski definition) is 1. The SMILES string of the molecule is Cc1cnn(-c2ccc(Cl)cc2C(=O)O)c1. The van der Waals surface area contributed by atoms with Crippen molar-refractivity contribution < 1.29 is 9.90 Å². The third-order valence-corrected chi connectivity index (χ3v) is 2.38. The van der Waals surface area contributed by atoms with Crippen LogP contribution in [0.5, 0.6) is 0 Å². The van der Waals surface area contributed by atoms with E-state index >= 15 is 0 Å². The van der Waals surface area contributed by atoms with Crippen LogP contribution in [-0.4, -0.2) is 20.9 Å². The molecule has 0 atom stereocenters. The van der Waals surface area contributed by atoms with Gasteiger partial charge >= 0.3 is 5.97 Å². The minimum Gasteiger partial charge on any atom is -0.478 e. The zero-order chi connectivity index (χ0) is 11.7. The van der Waals surface area contributed by atoms with Crippen molar-refractivity contribution in [3.8, 4) is 5.69 Å². The van der Waals surface area contributed by atoms with Gasteiger partial charge in [0, 0.05) is 11.2 Å². The van der Waals surface area contributed by atoms with Gasteiger partial charge in [0.2, 0.25) is 0 Å². The summed E-state index contributed by atoms with van der Waals surface area (Å²) in [6.45, 7) is 1.89. The van der Waals surface area contributed by atoms with Crippen LogP contribution >= 0.6 is 11.6 Å². The normalized spacial score (nSPS) is 10.4. The van der Waals surface area contributed by atoms with E-state index in [1.165, 1.54) is 10.7 Å². The summed E-state index contributed by atoms with van der Waals surface area (Å²) in [5.74, 6) is -1.02. The molecule has 0 aliphatic rings. The monoisotopic (exact) mass is 236 g/mol. The summed E-state index contributed by atoms with van der Waals surface area (Å²) < 4.78 is 1.52. The Morgan fingerprint density at radius 1 is 1.50 bits per heavy atom. The molecule has 2 aromatic rings. The quantitative estimate of drug-likeness (QED) is 0.872. The molecule has 1 N–H and O–H groups in total. The lowest BCUT2D eigenvalue weighted by Crippen LogP contribution is -2.05. The summed E-state index contributed by atoms with van der Waals surface area (Å²) in [6.07, 6.45) is 3.43. The van der Waals surface area contributed by atoms with Gasteiger partial charge in [0.05, 0.1) is 17.4 Å². The molecule has 0 unspecified atom stereocenters. The Morgan fingerprint density at radius 3 is 2.81 bits per heavy atom. The number of carboxylic acid groups (broad SMARTS) is 1. The fraction of sp³-hybridized carbons (Fsp3) is 0.0909. The maximum Gasteiger partial charge on any atom is 0.337 e. The van der Waals surface area contributed by atoms with Gasteiger partial charge in [-0.05, 0) is 30.7 Å². The molecular formula is C11H9ClN2O2. The number of halogens is 1. The molecule has 1 aromatic heterocycles. The molecule has 1 heterocycles. The number of carbonyl (C=O) groups is 1. The number of nitrogens with zero attached hydrogens (tertiary/aromatic N) is 2. The first-order valence-corrected chi connectivity index (χ1v) is 5.00. The third-order valence-electron chi connectivity index (χ3n) is 2.15. The van der Waals surface area contributed by atoms with Crippen LogP contribution in [0, 0.1) is 6.92 Å². The van der Waals surface area contributed by atoms with E-state index in [9.17, 15) is 4.79 Å². The Kier molecular flexibility index (Phi) is 2.66. The van der Waals surface area contributed by atoms with Crippen molar-refractivity contribution in [1.29, 1.82) is 0 Å². The van der Waals surface area contributed by atoms with Gasteiger partial charge in [-0.25, -0.2) is 9.48 Å². The smallest absolute Gasteiger partial charge is 0.337 e. The maximum absolute atomic E-state index is 11.1. The van der Waals surface area contributed by atoms with Gasteiger partial charge in [-0.3, -0.25) is 0 Å². The fourth-order valence-electron chi connectivity index (χ4n) is 1.42. The highest BCUT2D eigenvalue weighted by Crippen LogP contribution is 2.19. The van der Waals surface area contributed by atoms with Crippen LogP contribution in [0.15, 0.2) is 30.6 Å². The topological polar surface area (TPSA) is 55.1 Å². The minimum atomic E-state index is -1.02. The molecule has 0 radical (unpaired) electrons. The second-order valence-corrected chi connectivity index (χ2v) is 3.87. The average molecular weight is 237 g/mol. The van der Waals surface area contributed by atoms with Crippen LogP contribution in [0.2, 0.25) is 5.02 Å². The van der Waals surface area contributed by atoms with Crippen molar-refractivity contribution in [2.45, 2.75) is 6.92 Å². The molecule has 0 bridgehead atoms. The van der Waals surface area contributed by atoms with Gasteiger partial charge < -0.3 is 5.11 Å². The van der Waals surface area contributed by atoms with Crippen molar-refractivity contribution in [1.82, 2.24) is 9.78 Å². The summed E-state index contributed by atoms with van der Waals surface area (Å²) in [4.78, 5) is 11.1. The first-order chi connectivity index (χ1) is 7.58. The minimum absolute atomic E-state index is 0.135. The molecular weight excluding hydrogens is 228 g/mol. The van der Waals surface area contributed by atoms with Crippen molar-refractivity contribution in [2.75, 3.05) is 0 Å². The number of carboxylic acids is 1. The van der Waals surface area contributed by atoms with Crippen molar-refractivity contribution in [2.24, 2.45) is 0 Å². The second kappa shape index (κ2) is 3.98. The Labute approximate surface area is 97.1 Å². The van der Waals surface area contributed by atoms with Crippen molar-refractivity contribution >= 4 is 17.6 Å². The fourth-order valence-corrected chi connectivity index (χ4v) is 1.60. The van der Waals surface area contributed by atoms with Crippen LogP contribution < -0.4 is 0 Å². The Balaban J connectivity index is 2.60. The zero-order valence-electron chi connectivity index (χ0n) is 8.51. The van der Waals surface area contributed by atoms with Gasteiger partial charge in [-0.2, -0.15) is 5.10 Å². The lowest BCUT2D eigenvalue weighted by atomic mass is 10.2. The summed E-state index contributed by atoms with van der Waals surface area (Å²) in [5, 5.41) is 13.5. The zero-order valence-corrected chi connectivity index (χ0v) is 9.27. The van der Waals surface area contributed by atoms with Crippen LogP contribution in [0.4, 0.5) is 0 Å². The van der Waals surface area contributed by atoms with E-state index in [2.05, 4.69) is 5.10 Å². The van der Waals surface area contributed by atoms with Gasteiger partial charge in [0.25, 0.3) is 0 Å². The third kappa shape index (κ3) is 1.92. The largest absolute Gasteiger partial charge is 0.478 e. The van der Waals surface area contributed by atoms with Gasteiger partial charge in [0.15, 0.2) is 0 Å². The summed E-state index contributed by atoms with van der Waals surface area (Å²) in [6, 6.07) is 4.69. The van der Waals surface area contributed by atoms with E-state index in [1.807, 2.05) is 6.92 Å². The number of aromatic carboxylic acids is 1. The van der Waals surface area contributed by atoms with Crippen LogP contribution in [0.25, 0.3) is 5.69 Å². The van der Waals surface area contributed by atoms with E-state index in [1.54, 1.807) is 24.5 Å². The highest BCUT2D eigenvalue weighted by Gasteiger charge is 2.12. The van der Waals surface area contributed by atoms with Gasteiger partial charge in [-0.1, -0.05) is 11.6 Å². The van der Waals surface area contributed by atoms with Crippen LogP contribution in [0.1, 0.15) is 15.9 Å². The van der Waals surface area contributed by atoms with Gasteiger partial charge in [0.1, 0.15) is 0 Å². The molecule has 0 saturated carbocycles. The maximum atomic E-state index is 11.1. The molecule has 2 rings (SSSR count). The molecule has 16 heavy (non-hydrogen) atoms. The molecule has 0 saturated heterocycles. The Hall–Kier alpha value is -1.81. The predicted octanol–water partition coefficient (Wildman–Crippen LogP) is 2.53. The van der Waals surface area contributed by atoms with E-state index in [0.717, 1.165) is 5.56 Å². The molecule has 82 valence electrons. The number of rotatable bonds is 2. The lowest BCUT2D eigenvalue weighted by Gasteiger charge is -2.06. The molecule has 0 aliphatic carbocycles. The van der Waals surface area contributed by atoms with Crippen molar-refractivity contribution in [3.63, 3.8) is 0 Å². The average Bonchev–Trinajstić information content (AvgIpc) is 2.64. The molecule has 1 aromatic carbocycles. The Morgan fingerprint density at radius 2 is 2.25 bits per heavy atom. The lowest BCUT2D eigenvalue weighted by molar-refractivity contribution is 0.0696. The first kappa shape index (κ1) is 10.7. The number of aryl methyl sites for hydroxylation is 1. The highest BCUT2D eigenvalue weighted by atomic mass is 35.5. The summed E-state index contributed by atoms with van der Waals surface area (Å²) in [5.41, 5.74) is 1.60. The van der Waals surface area contributed by atoms with Gasteiger partial charge in [-0.15, -0.1) is 0 Å². The van der Waals surface area contributed by atoms with E-state index < -0.39 is 5.97 Å². The molecule has 0 amide bonds. The second-order valence-electron chi connectivity index (χ2n) is 3.43. The molecule has 0 spiro atoms. The number of hydrogen-bond acceptors (Lipinski definition) is 2.